The predicted octanol–water partition coefficient (Wildman–Crippen LogP) is 4.25. The van der Waals surface area contributed by atoms with Gasteiger partial charge >= 0.3 is 0 Å². The number of allylic oxidation sites excluding steroid dienone is 16. The van der Waals surface area contributed by atoms with Crippen molar-refractivity contribution in [1.82, 2.24) is 0 Å². The summed E-state index contributed by atoms with van der Waals surface area (Å²) in [6.45, 7) is 0. The van der Waals surface area contributed by atoms with Gasteiger partial charge in [0, 0.05) is 0 Å². The van der Waals surface area contributed by atoms with Crippen LogP contribution in [0.2, 0.25) is 0 Å². The van der Waals surface area contributed by atoms with Gasteiger partial charge in [0.2, 0.25) is 0 Å². The van der Waals surface area contributed by atoms with Crippen molar-refractivity contribution in [2.24, 2.45) is 0 Å². The van der Waals surface area contributed by atoms with Crippen LogP contribution in [0.15, 0.2) is 91.1 Å². The highest BCUT2D eigenvalue weighted by Gasteiger charge is 1.66. The lowest BCUT2D eigenvalue weighted by molar-refractivity contribution is 1.78. The smallest absolute Gasteiger partial charge is 0.0184 e. The molecule has 0 unspecified atom stereocenters. The van der Waals surface area contributed by atoms with Crippen molar-refractivity contribution in [3.8, 4) is 0 Å². The van der Waals surface area contributed by atoms with Gasteiger partial charge in [-0.3, -0.25) is 0 Å². The first kappa shape index (κ1) is 12.0. The third kappa shape index (κ3) is 7.34. The van der Waals surface area contributed by atoms with Crippen LogP contribution in [0.4, 0.5) is 0 Å². The van der Waals surface area contributed by atoms with E-state index in [1.165, 1.54) is 0 Å². The Morgan fingerprint density at radius 3 is 1.25 bits per heavy atom. The van der Waals surface area contributed by atoms with E-state index in [0.717, 1.165) is 0 Å². The molecule has 0 spiro atoms. The topological polar surface area (TPSA) is 0 Å². The van der Waals surface area contributed by atoms with Crippen LogP contribution in [0, 0.1) is 6.08 Å². The van der Waals surface area contributed by atoms with Gasteiger partial charge in [-0.2, -0.15) is 0 Å². The molecule has 79 valence electrons. The van der Waals surface area contributed by atoms with Gasteiger partial charge in [0.05, 0.1) is 0 Å². The fourth-order valence-corrected chi connectivity index (χ4v) is 0.983. The van der Waals surface area contributed by atoms with Crippen molar-refractivity contribution in [2.75, 3.05) is 0 Å². The zero-order chi connectivity index (χ0) is 11.3. The van der Waals surface area contributed by atoms with E-state index in [2.05, 4.69) is 6.08 Å². The summed E-state index contributed by atoms with van der Waals surface area (Å²) >= 11 is 0. The molecule has 0 aromatic rings. The van der Waals surface area contributed by atoms with E-state index in [4.69, 9.17) is 0 Å². The first-order chi connectivity index (χ1) is 8.00. The monoisotopic (exact) mass is 207 g/mol. The quantitative estimate of drug-likeness (QED) is 0.557. The summed E-state index contributed by atoms with van der Waals surface area (Å²) in [5.74, 6) is 0. The molecule has 0 bridgehead atoms. The van der Waals surface area contributed by atoms with Crippen molar-refractivity contribution in [3.63, 3.8) is 0 Å². The van der Waals surface area contributed by atoms with Crippen molar-refractivity contribution in [1.29, 1.82) is 0 Å². The lowest BCUT2D eigenvalue weighted by Crippen LogP contribution is -1.56. The Balaban J connectivity index is 2.67. The van der Waals surface area contributed by atoms with Crippen molar-refractivity contribution >= 4 is 0 Å². The Labute approximate surface area is 97.7 Å². The van der Waals surface area contributed by atoms with Crippen LogP contribution in [-0.2, 0) is 0 Å². The van der Waals surface area contributed by atoms with Gasteiger partial charge in [0.1, 0.15) is 0 Å². The van der Waals surface area contributed by atoms with E-state index in [0.29, 0.717) is 0 Å². The number of hydrogen-bond acceptors (Lipinski definition) is 0. The van der Waals surface area contributed by atoms with E-state index in [1.807, 2.05) is 91.1 Å². The Hall–Kier alpha value is -2.08. The standard InChI is InChI=1S/C16H15/c1-2-4-6-8-10-12-14-16-15-13-11-9-7-5-3-1/h1-15H/b2-1+,3-1?,4-2?,5-3+,6-4-,7-5?,8-6?,9-7-,10-8+,11-9?,12-10?,13-11+,14-12+,15-13?,16-14?,16-15?. The lowest BCUT2D eigenvalue weighted by atomic mass is 10.3. The van der Waals surface area contributed by atoms with Crippen LogP contribution in [0.1, 0.15) is 0 Å². The second kappa shape index (κ2) is 9.47. The molecule has 0 heteroatoms. The Kier molecular flexibility index (Phi) is 7.10. The number of rotatable bonds is 0. The van der Waals surface area contributed by atoms with E-state index in [1.54, 1.807) is 0 Å². The SMILES string of the molecule is [C]1=C/C=C/C=C\C=C\C=C\C=C/C=C/C=C/1. The van der Waals surface area contributed by atoms with E-state index in [9.17, 15) is 0 Å². The van der Waals surface area contributed by atoms with Crippen LogP contribution < -0.4 is 0 Å². The predicted molar refractivity (Wildman–Crippen MR) is 71.8 cm³/mol. The Morgan fingerprint density at radius 1 is 0.375 bits per heavy atom. The van der Waals surface area contributed by atoms with Crippen molar-refractivity contribution in [3.05, 3.63) is 97.2 Å². The molecular formula is C16H15. The molecule has 0 aliphatic heterocycles. The van der Waals surface area contributed by atoms with E-state index >= 15 is 0 Å². The summed E-state index contributed by atoms with van der Waals surface area (Å²) in [4.78, 5) is 0. The first-order valence-corrected chi connectivity index (χ1v) is 5.24. The minimum absolute atomic E-state index is 1.88. The summed E-state index contributed by atoms with van der Waals surface area (Å²) in [6.07, 6.45) is 32.5. The van der Waals surface area contributed by atoms with Crippen LogP contribution >= 0.6 is 0 Å². The van der Waals surface area contributed by atoms with E-state index < -0.39 is 0 Å². The summed E-state index contributed by atoms with van der Waals surface area (Å²) in [7, 11) is 0. The van der Waals surface area contributed by atoms with Crippen LogP contribution in [0.25, 0.3) is 0 Å². The fourth-order valence-electron chi connectivity index (χ4n) is 0.983. The molecule has 0 atom stereocenters. The molecule has 1 radical (unpaired) electrons. The van der Waals surface area contributed by atoms with Crippen LogP contribution in [0.5, 0.6) is 0 Å². The van der Waals surface area contributed by atoms with Crippen molar-refractivity contribution in [2.45, 2.75) is 0 Å². The largest absolute Gasteiger partial charge is 0.0623 e. The van der Waals surface area contributed by atoms with Gasteiger partial charge in [-0.15, -0.1) is 0 Å². The minimum atomic E-state index is 1.88. The maximum atomic E-state index is 3.03. The van der Waals surface area contributed by atoms with Gasteiger partial charge in [-0.1, -0.05) is 91.1 Å². The van der Waals surface area contributed by atoms with Crippen LogP contribution in [-0.4, -0.2) is 0 Å². The molecule has 0 aromatic heterocycles. The number of hydrogen-bond donors (Lipinski definition) is 0. The highest BCUT2D eigenvalue weighted by atomic mass is 13.7. The molecule has 0 saturated carbocycles. The molecule has 0 heterocycles. The van der Waals surface area contributed by atoms with Crippen LogP contribution in [0.3, 0.4) is 0 Å². The zero-order valence-corrected chi connectivity index (χ0v) is 9.16. The molecular weight excluding hydrogens is 192 g/mol. The third-order valence-corrected chi connectivity index (χ3v) is 1.72. The van der Waals surface area contributed by atoms with Gasteiger partial charge in [-0.25, -0.2) is 0 Å². The summed E-state index contributed by atoms with van der Waals surface area (Å²) in [6, 6.07) is 0. The lowest BCUT2D eigenvalue weighted by Gasteiger charge is -1.76. The normalized spacial score (nSPS) is 32.0. The van der Waals surface area contributed by atoms with Gasteiger partial charge in [0.25, 0.3) is 0 Å². The minimum Gasteiger partial charge on any atom is -0.0623 e. The fraction of sp³-hybridized carbons (Fsp3) is 0. The zero-order valence-electron chi connectivity index (χ0n) is 9.16. The van der Waals surface area contributed by atoms with Gasteiger partial charge in [-0.05, 0) is 6.08 Å². The highest BCUT2D eigenvalue weighted by molar-refractivity contribution is 5.22. The Bertz CT molecular complexity index is 242. The highest BCUT2D eigenvalue weighted by Crippen LogP contribution is 1.87. The summed E-state index contributed by atoms with van der Waals surface area (Å²) in [5, 5.41) is 0. The van der Waals surface area contributed by atoms with Crippen molar-refractivity contribution < 1.29 is 0 Å². The molecule has 0 nitrogen and oxygen atoms in total. The maximum Gasteiger partial charge on any atom is -0.0184 e. The Morgan fingerprint density at radius 2 is 0.750 bits per heavy atom. The summed E-state index contributed by atoms with van der Waals surface area (Å²) in [5.41, 5.74) is 0. The molecule has 1 aliphatic rings. The van der Waals surface area contributed by atoms with Gasteiger partial charge in [0.15, 0.2) is 0 Å². The second-order valence-corrected chi connectivity index (χ2v) is 3.00. The second-order valence-electron chi connectivity index (χ2n) is 3.00. The molecule has 1 aliphatic carbocycles. The molecule has 0 saturated heterocycles. The molecule has 0 amide bonds. The average molecular weight is 207 g/mol. The molecule has 0 N–H and O–H groups in total. The molecule has 16 heavy (non-hydrogen) atoms. The van der Waals surface area contributed by atoms with Gasteiger partial charge < -0.3 is 0 Å². The summed E-state index contributed by atoms with van der Waals surface area (Å²) < 4.78 is 0. The maximum absolute atomic E-state index is 3.03. The molecule has 0 fully saturated rings. The first-order valence-electron chi connectivity index (χ1n) is 5.24. The molecule has 1 rings (SSSR count). The average Bonchev–Trinajstić information content (AvgIpc) is 2.29. The third-order valence-electron chi connectivity index (χ3n) is 1.72. The van der Waals surface area contributed by atoms with E-state index in [-0.39, 0.29) is 0 Å². The molecule has 0 aromatic carbocycles.